The Labute approximate surface area is 96.6 Å². The van der Waals surface area contributed by atoms with E-state index in [-0.39, 0.29) is 24.9 Å². The van der Waals surface area contributed by atoms with Gasteiger partial charge < -0.3 is 10.2 Å². The fourth-order valence-electron chi connectivity index (χ4n) is 1.24. The Bertz CT molecular complexity index is 252. The van der Waals surface area contributed by atoms with E-state index in [2.05, 4.69) is 10.6 Å². The van der Waals surface area contributed by atoms with Crippen LogP contribution >= 0.6 is 0 Å². The maximum Gasteiger partial charge on any atom is 0.236 e. The fraction of sp³-hybridized carbons (Fsp3) is 0.818. The van der Waals surface area contributed by atoms with Crippen LogP contribution in [-0.4, -0.2) is 49.9 Å². The molecule has 1 saturated carbocycles. The van der Waals surface area contributed by atoms with Crippen molar-refractivity contribution in [3.05, 3.63) is 0 Å². The third kappa shape index (κ3) is 5.11. The van der Waals surface area contributed by atoms with E-state index in [0.29, 0.717) is 12.5 Å². The Morgan fingerprint density at radius 3 is 2.56 bits per heavy atom. The summed E-state index contributed by atoms with van der Waals surface area (Å²) in [6.07, 6.45) is 2.46. The standard InChI is InChI=1S/C11H21N3O2/c1-3-14(2)11(16)8-12-7-10(15)13-6-9-4-5-9/h9,12H,3-8H2,1-2H3,(H,13,15). The molecule has 5 nitrogen and oxygen atoms in total. The smallest absolute Gasteiger partial charge is 0.236 e. The van der Waals surface area contributed by atoms with E-state index in [1.165, 1.54) is 12.8 Å². The summed E-state index contributed by atoms with van der Waals surface area (Å²) in [4.78, 5) is 24.3. The predicted octanol–water partition coefficient (Wildman–Crippen LogP) is -0.419. The normalized spacial score (nSPS) is 14.6. The van der Waals surface area contributed by atoms with E-state index in [0.717, 1.165) is 6.54 Å². The summed E-state index contributed by atoms with van der Waals surface area (Å²) in [6.45, 7) is 3.83. The lowest BCUT2D eigenvalue weighted by Gasteiger charge is -2.14. The van der Waals surface area contributed by atoms with Crippen molar-refractivity contribution in [3.63, 3.8) is 0 Å². The van der Waals surface area contributed by atoms with E-state index in [4.69, 9.17) is 0 Å². The van der Waals surface area contributed by atoms with Gasteiger partial charge in [0.1, 0.15) is 0 Å². The molecule has 1 rings (SSSR count). The molecule has 1 aliphatic rings. The highest BCUT2D eigenvalue weighted by Gasteiger charge is 2.21. The molecule has 0 heterocycles. The lowest BCUT2D eigenvalue weighted by Crippen LogP contribution is -2.40. The van der Waals surface area contributed by atoms with Gasteiger partial charge in [-0.1, -0.05) is 0 Å². The van der Waals surface area contributed by atoms with Gasteiger partial charge in [0.05, 0.1) is 13.1 Å². The lowest BCUT2D eigenvalue weighted by molar-refractivity contribution is -0.128. The number of carbonyl (C=O) groups is 2. The topological polar surface area (TPSA) is 61.4 Å². The van der Waals surface area contributed by atoms with Crippen molar-refractivity contribution < 1.29 is 9.59 Å². The van der Waals surface area contributed by atoms with Gasteiger partial charge in [-0.25, -0.2) is 0 Å². The predicted molar refractivity (Wildman–Crippen MR) is 61.9 cm³/mol. The Morgan fingerprint density at radius 2 is 2.00 bits per heavy atom. The molecule has 1 fully saturated rings. The molecule has 92 valence electrons. The number of carbonyl (C=O) groups excluding carboxylic acids is 2. The van der Waals surface area contributed by atoms with E-state index < -0.39 is 0 Å². The molecule has 0 aromatic carbocycles. The Kier molecular flexibility index (Phi) is 5.25. The van der Waals surface area contributed by atoms with Crippen molar-refractivity contribution >= 4 is 11.8 Å². The number of amides is 2. The van der Waals surface area contributed by atoms with Crippen molar-refractivity contribution in [1.82, 2.24) is 15.5 Å². The lowest BCUT2D eigenvalue weighted by atomic mass is 10.4. The van der Waals surface area contributed by atoms with Crippen molar-refractivity contribution in [2.24, 2.45) is 5.92 Å². The molecule has 0 atom stereocenters. The molecule has 0 aliphatic heterocycles. The van der Waals surface area contributed by atoms with E-state index >= 15 is 0 Å². The highest BCUT2D eigenvalue weighted by molar-refractivity contribution is 5.81. The minimum atomic E-state index is -0.0288. The summed E-state index contributed by atoms with van der Waals surface area (Å²) in [5, 5.41) is 5.68. The van der Waals surface area contributed by atoms with Crippen LogP contribution in [0.3, 0.4) is 0 Å². The average molecular weight is 227 g/mol. The molecule has 2 amide bonds. The average Bonchev–Trinajstić information content (AvgIpc) is 3.08. The number of rotatable bonds is 7. The molecule has 0 unspecified atom stereocenters. The molecule has 16 heavy (non-hydrogen) atoms. The van der Waals surface area contributed by atoms with Crippen LogP contribution < -0.4 is 10.6 Å². The third-order valence-electron chi connectivity index (χ3n) is 2.75. The Morgan fingerprint density at radius 1 is 1.31 bits per heavy atom. The van der Waals surface area contributed by atoms with Gasteiger partial charge in [0.2, 0.25) is 11.8 Å². The van der Waals surface area contributed by atoms with Crippen LogP contribution in [0.25, 0.3) is 0 Å². The second kappa shape index (κ2) is 6.48. The van der Waals surface area contributed by atoms with Crippen LogP contribution in [0.5, 0.6) is 0 Å². The number of nitrogens with one attached hydrogen (secondary N) is 2. The zero-order valence-corrected chi connectivity index (χ0v) is 10.1. The number of likely N-dealkylation sites (N-methyl/N-ethyl adjacent to an activating group) is 1. The van der Waals surface area contributed by atoms with Gasteiger partial charge in [0, 0.05) is 20.1 Å². The first-order chi connectivity index (χ1) is 7.63. The van der Waals surface area contributed by atoms with E-state index in [9.17, 15) is 9.59 Å². The largest absolute Gasteiger partial charge is 0.355 e. The van der Waals surface area contributed by atoms with Crippen LogP contribution in [0.15, 0.2) is 0 Å². The van der Waals surface area contributed by atoms with Gasteiger partial charge in [-0.15, -0.1) is 0 Å². The molecular formula is C11H21N3O2. The first-order valence-corrected chi connectivity index (χ1v) is 5.84. The van der Waals surface area contributed by atoms with Crippen LogP contribution in [0.1, 0.15) is 19.8 Å². The summed E-state index contributed by atoms with van der Waals surface area (Å²) < 4.78 is 0. The quantitative estimate of drug-likeness (QED) is 0.621. The number of hydrogen-bond acceptors (Lipinski definition) is 3. The highest BCUT2D eigenvalue weighted by Crippen LogP contribution is 2.27. The zero-order valence-electron chi connectivity index (χ0n) is 10.1. The van der Waals surface area contributed by atoms with Crippen molar-refractivity contribution in [1.29, 1.82) is 0 Å². The van der Waals surface area contributed by atoms with Crippen LogP contribution in [-0.2, 0) is 9.59 Å². The maximum absolute atomic E-state index is 11.4. The summed E-state index contributed by atoms with van der Waals surface area (Å²) >= 11 is 0. The molecule has 0 aromatic heterocycles. The van der Waals surface area contributed by atoms with Gasteiger partial charge in [-0.05, 0) is 25.7 Å². The summed E-state index contributed by atoms with van der Waals surface area (Å²) in [5.41, 5.74) is 0. The summed E-state index contributed by atoms with van der Waals surface area (Å²) in [5.74, 6) is 0.674. The molecular weight excluding hydrogens is 206 g/mol. The SMILES string of the molecule is CCN(C)C(=O)CNCC(=O)NCC1CC1. The maximum atomic E-state index is 11.4. The van der Waals surface area contributed by atoms with E-state index in [1.807, 2.05) is 6.92 Å². The van der Waals surface area contributed by atoms with Gasteiger partial charge in [-0.3, -0.25) is 14.9 Å². The molecule has 0 saturated heterocycles. The van der Waals surface area contributed by atoms with Gasteiger partial charge in [-0.2, -0.15) is 0 Å². The van der Waals surface area contributed by atoms with Crippen LogP contribution in [0.4, 0.5) is 0 Å². The Hall–Kier alpha value is -1.10. The molecule has 0 aromatic rings. The minimum Gasteiger partial charge on any atom is -0.355 e. The number of hydrogen-bond donors (Lipinski definition) is 2. The molecule has 1 aliphatic carbocycles. The first kappa shape index (κ1) is 13.0. The molecule has 0 radical (unpaired) electrons. The second-order valence-corrected chi connectivity index (χ2v) is 4.26. The van der Waals surface area contributed by atoms with Crippen molar-refractivity contribution in [2.45, 2.75) is 19.8 Å². The highest BCUT2D eigenvalue weighted by atomic mass is 16.2. The van der Waals surface area contributed by atoms with Crippen LogP contribution in [0, 0.1) is 5.92 Å². The third-order valence-corrected chi connectivity index (χ3v) is 2.75. The fourth-order valence-corrected chi connectivity index (χ4v) is 1.24. The van der Waals surface area contributed by atoms with E-state index in [1.54, 1.807) is 11.9 Å². The Balaban J connectivity index is 2.00. The second-order valence-electron chi connectivity index (χ2n) is 4.26. The van der Waals surface area contributed by atoms with Crippen LogP contribution in [0.2, 0.25) is 0 Å². The van der Waals surface area contributed by atoms with Gasteiger partial charge >= 0.3 is 0 Å². The first-order valence-electron chi connectivity index (χ1n) is 5.84. The van der Waals surface area contributed by atoms with Gasteiger partial charge in [0.15, 0.2) is 0 Å². The summed E-state index contributed by atoms with van der Waals surface area (Å²) in [7, 11) is 1.75. The zero-order chi connectivity index (χ0) is 12.0. The molecule has 2 N–H and O–H groups in total. The molecule has 5 heteroatoms. The minimum absolute atomic E-state index is 0.0116. The number of nitrogens with zero attached hydrogens (tertiary/aromatic N) is 1. The molecule has 0 spiro atoms. The monoisotopic (exact) mass is 227 g/mol. The van der Waals surface area contributed by atoms with Crippen molar-refractivity contribution in [3.8, 4) is 0 Å². The van der Waals surface area contributed by atoms with Gasteiger partial charge in [0.25, 0.3) is 0 Å². The summed E-state index contributed by atoms with van der Waals surface area (Å²) in [6, 6.07) is 0. The molecule has 0 bridgehead atoms. The van der Waals surface area contributed by atoms with Crippen molar-refractivity contribution in [2.75, 3.05) is 33.2 Å².